The first-order valence-corrected chi connectivity index (χ1v) is 6.98. The Hall–Kier alpha value is -3.09. The molecule has 2 rings (SSSR count). The van der Waals surface area contributed by atoms with E-state index in [1.807, 2.05) is 13.0 Å². The fourth-order valence-electron chi connectivity index (χ4n) is 1.83. The Kier molecular flexibility index (Phi) is 5.14. The molecule has 1 aromatic carbocycles. The second-order valence-electron chi connectivity index (χ2n) is 4.99. The van der Waals surface area contributed by atoms with Gasteiger partial charge < -0.3 is 9.73 Å². The van der Waals surface area contributed by atoms with Gasteiger partial charge in [0.2, 0.25) is 0 Å². The summed E-state index contributed by atoms with van der Waals surface area (Å²) in [4.78, 5) is 35.5. The zero-order valence-electron chi connectivity index (χ0n) is 12.8. The molecule has 7 heteroatoms. The minimum absolute atomic E-state index is 0.0711. The van der Waals surface area contributed by atoms with Gasteiger partial charge >= 0.3 is 5.91 Å². The topological polar surface area (TPSA) is 100 Å². The number of carbonyl (C=O) groups is 3. The maximum absolute atomic E-state index is 12.0. The van der Waals surface area contributed by atoms with Crippen molar-refractivity contribution < 1.29 is 18.8 Å². The minimum Gasteiger partial charge on any atom is -0.459 e. The Morgan fingerprint density at radius 3 is 2.48 bits per heavy atom. The van der Waals surface area contributed by atoms with Crippen molar-refractivity contribution in [3.05, 3.63) is 59.5 Å². The largest absolute Gasteiger partial charge is 0.459 e. The standard InChI is InChI=1S/C16H17N3O4/c1-10-5-3-6-12(9-10)15(21)17-11(2)14(20)18-19-16(22)13-7-4-8-23-13/h3-9,11H,1-2H3,(H,17,21)(H,18,20)(H,19,22)/t11-/m0/s1. The van der Waals surface area contributed by atoms with E-state index in [0.717, 1.165) is 5.56 Å². The van der Waals surface area contributed by atoms with E-state index >= 15 is 0 Å². The monoisotopic (exact) mass is 315 g/mol. The van der Waals surface area contributed by atoms with Crippen LogP contribution in [0, 0.1) is 6.92 Å². The Morgan fingerprint density at radius 2 is 1.83 bits per heavy atom. The van der Waals surface area contributed by atoms with Crippen LogP contribution in [0.3, 0.4) is 0 Å². The number of carbonyl (C=O) groups excluding carboxylic acids is 3. The first kappa shape index (κ1) is 16.3. The third-order valence-corrected chi connectivity index (χ3v) is 3.07. The summed E-state index contributed by atoms with van der Waals surface area (Å²) in [5.41, 5.74) is 5.84. The highest BCUT2D eigenvalue weighted by molar-refractivity contribution is 5.98. The molecule has 1 aromatic heterocycles. The van der Waals surface area contributed by atoms with Crippen LogP contribution in [-0.4, -0.2) is 23.8 Å². The smallest absolute Gasteiger partial charge is 0.305 e. The average Bonchev–Trinajstić information content (AvgIpc) is 3.06. The van der Waals surface area contributed by atoms with E-state index < -0.39 is 17.9 Å². The summed E-state index contributed by atoms with van der Waals surface area (Å²) in [6, 6.07) is 9.21. The minimum atomic E-state index is -0.820. The molecule has 0 radical (unpaired) electrons. The van der Waals surface area contributed by atoms with Crippen LogP contribution in [0.1, 0.15) is 33.4 Å². The Labute approximate surface area is 133 Å². The molecule has 3 N–H and O–H groups in total. The van der Waals surface area contributed by atoms with E-state index in [-0.39, 0.29) is 11.7 Å². The Balaban J connectivity index is 1.85. The van der Waals surface area contributed by atoms with Crippen LogP contribution in [0.4, 0.5) is 0 Å². The Morgan fingerprint density at radius 1 is 1.04 bits per heavy atom. The quantitative estimate of drug-likeness (QED) is 0.737. The Bertz CT molecular complexity index is 710. The van der Waals surface area contributed by atoms with Gasteiger partial charge in [-0.1, -0.05) is 17.7 Å². The maximum Gasteiger partial charge on any atom is 0.305 e. The van der Waals surface area contributed by atoms with Gasteiger partial charge in [-0.25, -0.2) is 0 Å². The van der Waals surface area contributed by atoms with E-state index in [2.05, 4.69) is 16.2 Å². The number of amides is 3. The van der Waals surface area contributed by atoms with Crippen molar-refractivity contribution in [2.45, 2.75) is 19.9 Å². The lowest BCUT2D eigenvalue weighted by molar-refractivity contribution is -0.123. The van der Waals surface area contributed by atoms with Crippen LogP contribution in [0.25, 0.3) is 0 Å². The first-order chi connectivity index (χ1) is 11.0. The summed E-state index contributed by atoms with van der Waals surface area (Å²) >= 11 is 0. The lowest BCUT2D eigenvalue weighted by Gasteiger charge is -2.14. The van der Waals surface area contributed by atoms with E-state index in [1.165, 1.54) is 19.3 Å². The van der Waals surface area contributed by atoms with Gasteiger partial charge in [-0.2, -0.15) is 0 Å². The zero-order chi connectivity index (χ0) is 16.8. The van der Waals surface area contributed by atoms with Gasteiger partial charge in [0.05, 0.1) is 6.26 Å². The number of rotatable bonds is 4. The molecule has 0 unspecified atom stereocenters. The molecule has 0 aliphatic carbocycles. The van der Waals surface area contributed by atoms with Crippen molar-refractivity contribution in [3.63, 3.8) is 0 Å². The third-order valence-electron chi connectivity index (χ3n) is 3.07. The van der Waals surface area contributed by atoms with Crippen molar-refractivity contribution in [1.82, 2.24) is 16.2 Å². The van der Waals surface area contributed by atoms with Gasteiger partial charge in [0.25, 0.3) is 11.8 Å². The molecule has 2 aromatic rings. The molecule has 23 heavy (non-hydrogen) atoms. The molecule has 7 nitrogen and oxygen atoms in total. The van der Waals surface area contributed by atoms with Crippen LogP contribution in [-0.2, 0) is 4.79 Å². The molecule has 1 heterocycles. The molecule has 0 fully saturated rings. The molecule has 0 saturated carbocycles. The molecule has 0 bridgehead atoms. The molecule has 0 saturated heterocycles. The summed E-state index contributed by atoms with van der Waals surface area (Å²) in [5, 5.41) is 2.56. The zero-order valence-corrected chi connectivity index (χ0v) is 12.8. The van der Waals surface area contributed by atoms with Crippen LogP contribution in [0.2, 0.25) is 0 Å². The van der Waals surface area contributed by atoms with E-state index in [4.69, 9.17) is 4.42 Å². The second-order valence-corrected chi connectivity index (χ2v) is 4.99. The van der Waals surface area contributed by atoms with Crippen molar-refractivity contribution in [2.75, 3.05) is 0 Å². The lowest BCUT2D eigenvalue weighted by atomic mass is 10.1. The summed E-state index contributed by atoms with van der Waals surface area (Å²) in [5.74, 6) is -1.43. The molecule has 3 amide bonds. The van der Waals surface area contributed by atoms with E-state index in [9.17, 15) is 14.4 Å². The lowest BCUT2D eigenvalue weighted by Crippen LogP contribution is -2.51. The van der Waals surface area contributed by atoms with Gasteiger partial charge in [0, 0.05) is 5.56 Å². The van der Waals surface area contributed by atoms with Gasteiger partial charge in [-0.05, 0) is 38.1 Å². The van der Waals surface area contributed by atoms with Crippen LogP contribution in [0.15, 0.2) is 47.1 Å². The van der Waals surface area contributed by atoms with Gasteiger partial charge in [0.15, 0.2) is 5.76 Å². The number of aryl methyl sites for hydroxylation is 1. The van der Waals surface area contributed by atoms with Crippen molar-refractivity contribution in [3.8, 4) is 0 Å². The second kappa shape index (κ2) is 7.26. The van der Waals surface area contributed by atoms with Crippen molar-refractivity contribution in [2.24, 2.45) is 0 Å². The first-order valence-electron chi connectivity index (χ1n) is 6.98. The molecule has 0 aliphatic heterocycles. The predicted molar refractivity (Wildman–Crippen MR) is 82.4 cm³/mol. The number of hydrazine groups is 1. The highest BCUT2D eigenvalue weighted by atomic mass is 16.3. The number of nitrogens with one attached hydrogen (secondary N) is 3. The predicted octanol–water partition coefficient (Wildman–Crippen LogP) is 1.17. The molecule has 1 atom stereocenters. The number of hydrogen-bond acceptors (Lipinski definition) is 4. The molecule has 0 spiro atoms. The van der Waals surface area contributed by atoms with Gasteiger partial charge in [0.1, 0.15) is 6.04 Å². The number of furan rings is 1. The number of benzene rings is 1. The van der Waals surface area contributed by atoms with Crippen LogP contribution in [0.5, 0.6) is 0 Å². The molecule has 0 aliphatic rings. The SMILES string of the molecule is Cc1cccc(C(=O)N[C@@H](C)C(=O)NNC(=O)c2ccco2)c1. The van der Waals surface area contributed by atoms with Crippen molar-refractivity contribution in [1.29, 1.82) is 0 Å². The van der Waals surface area contributed by atoms with Crippen molar-refractivity contribution >= 4 is 17.7 Å². The number of hydrogen-bond donors (Lipinski definition) is 3. The fourth-order valence-corrected chi connectivity index (χ4v) is 1.83. The molecular weight excluding hydrogens is 298 g/mol. The summed E-state index contributed by atoms with van der Waals surface area (Å²) in [7, 11) is 0. The summed E-state index contributed by atoms with van der Waals surface area (Å²) in [6.45, 7) is 3.39. The fraction of sp³-hybridized carbons (Fsp3) is 0.188. The van der Waals surface area contributed by atoms with E-state index in [1.54, 1.807) is 24.3 Å². The average molecular weight is 315 g/mol. The third kappa shape index (κ3) is 4.44. The van der Waals surface area contributed by atoms with Gasteiger partial charge in [-0.15, -0.1) is 0 Å². The highest BCUT2D eigenvalue weighted by Gasteiger charge is 2.18. The van der Waals surface area contributed by atoms with Crippen LogP contribution >= 0.6 is 0 Å². The highest BCUT2D eigenvalue weighted by Crippen LogP contribution is 2.04. The van der Waals surface area contributed by atoms with Gasteiger partial charge in [-0.3, -0.25) is 25.2 Å². The molecule has 120 valence electrons. The molecular formula is C16H17N3O4. The maximum atomic E-state index is 12.0. The summed E-state index contributed by atoms with van der Waals surface area (Å²) < 4.78 is 4.89. The van der Waals surface area contributed by atoms with E-state index in [0.29, 0.717) is 5.56 Å². The summed E-state index contributed by atoms with van der Waals surface area (Å²) in [6.07, 6.45) is 1.35. The van der Waals surface area contributed by atoms with Crippen LogP contribution < -0.4 is 16.2 Å². The normalized spacial score (nSPS) is 11.4.